The molecule has 2 unspecified atom stereocenters. The molecule has 3 aromatic carbocycles. The zero-order chi connectivity index (χ0) is 45.6. The lowest BCUT2D eigenvalue weighted by atomic mass is 9.94. The second-order valence-electron chi connectivity index (χ2n) is 17.4. The fraction of sp³-hybridized carbons (Fsp3) is 0.340. The molecule has 0 aliphatic carbocycles. The largest absolute Gasteiger partial charge is 0.508 e. The number of aromatic hydroxyl groups is 1. The van der Waals surface area contributed by atoms with Crippen molar-refractivity contribution in [2.45, 2.75) is 63.2 Å². The van der Waals surface area contributed by atoms with Crippen molar-refractivity contribution in [1.29, 1.82) is 0 Å². The average Bonchev–Trinajstić information content (AvgIpc) is 4.01. The molecule has 6 amide bonds. The fourth-order valence-corrected chi connectivity index (χ4v) is 10.4. The van der Waals surface area contributed by atoms with Gasteiger partial charge in [0.1, 0.15) is 23.7 Å². The Labute approximate surface area is 382 Å². The van der Waals surface area contributed by atoms with Crippen molar-refractivity contribution in [3.63, 3.8) is 0 Å². The van der Waals surface area contributed by atoms with E-state index in [-0.39, 0.29) is 47.9 Å². The van der Waals surface area contributed by atoms with Crippen LogP contribution in [0.15, 0.2) is 78.3 Å². The molecule has 17 nitrogen and oxygen atoms in total. The van der Waals surface area contributed by atoms with Gasteiger partial charge in [-0.25, -0.2) is 9.37 Å². The van der Waals surface area contributed by atoms with E-state index in [1.807, 2.05) is 24.3 Å². The second kappa shape index (κ2) is 17.7. The summed E-state index contributed by atoms with van der Waals surface area (Å²) in [5.74, 6) is -2.87. The molecule has 338 valence electrons. The number of phenolic OH excluding ortho intramolecular Hbond substituents is 1. The monoisotopic (exact) mass is 912 g/mol. The Kier molecular flexibility index (Phi) is 11.5. The molecule has 3 saturated heterocycles. The van der Waals surface area contributed by atoms with Crippen LogP contribution >= 0.6 is 11.3 Å². The van der Waals surface area contributed by atoms with Gasteiger partial charge in [-0.1, -0.05) is 12.1 Å². The van der Waals surface area contributed by atoms with Crippen molar-refractivity contribution in [3.8, 4) is 17.0 Å². The third kappa shape index (κ3) is 8.35. The molecule has 0 spiro atoms. The number of nitrogens with one attached hydrogen (secondary N) is 3. The van der Waals surface area contributed by atoms with Crippen LogP contribution in [0.25, 0.3) is 11.3 Å². The average molecular weight is 913 g/mol. The van der Waals surface area contributed by atoms with Gasteiger partial charge in [0.15, 0.2) is 10.9 Å². The Hall–Kier alpha value is -7.12. The molecule has 0 radical (unpaired) electrons. The van der Waals surface area contributed by atoms with Gasteiger partial charge in [0.2, 0.25) is 11.8 Å². The molecule has 0 bridgehead atoms. The van der Waals surface area contributed by atoms with Crippen LogP contribution in [0.2, 0.25) is 0 Å². The second-order valence-corrected chi connectivity index (χ2v) is 18.3. The summed E-state index contributed by atoms with van der Waals surface area (Å²) in [5.41, 5.74) is 3.51. The zero-order valence-corrected chi connectivity index (χ0v) is 36.4. The number of imide groups is 2. The lowest BCUT2D eigenvalue weighted by Gasteiger charge is -2.38. The third-order valence-corrected chi connectivity index (χ3v) is 13.9. The lowest BCUT2D eigenvalue weighted by molar-refractivity contribution is -0.136. The first kappa shape index (κ1) is 42.8. The number of phenols is 1. The minimum absolute atomic E-state index is 0.0405. The Morgan fingerprint density at radius 1 is 0.879 bits per heavy atom. The summed E-state index contributed by atoms with van der Waals surface area (Å²) in [7, 11) is 0. The zero-order valence-electron chi connectivity index (χ0n) is 35.6. The number of hydrogen-bond acceptors (Lipinski definition) is 14. The molecular formula is C47H45FN10O7S. The Morgan fingerprint density at radius 3 is 2.48 bits per heavy atom. The SMILES string of the molecule is O=C1CCC(N2C(=O)c3ccc(N[C@@H]4CCCN(CC5CCN(c6ccc(-c7ccc8c(c7)C(=O)N(C(C(=O)Nc7nccs7)c7cc(F)ccc7O)C8)nn6)CC5)C4)cc3C2=O)C(=O)N1. The summed E-state index contributed by atoms with van der Waals surface area (Å²) in [6, 6.07) is 15.5. The van der Waals surface area contributed by atoms with Crippen molar-refractivity contribution < 1.29 is 38.3 Å². The minimum Gasteiger partial charge on any atom is -0.508 e. The van der Waals surface area contributed by atoms with Gasteiger partial charge in [-0.05, 0) is 105 Å². The van der Waals surface area contributed by atoms with E-state index in [0.717, 1.165) is 93.0 Å². The van der Waals surface area contributed by atoms with Gasteiger partial charge in [0.25, 0.3) is 23.6 Å². The molecule has 19 heteroatoms. The van der Waals surface area contributed by atoms with Gasteiger partial charge < -0.3 is 25.1 Å². The summed E-state index contributed by atoms with van der Waals surface area (Å²) in [5, 5.41) is 30.3. The van der Waals surface area contributed by atoms with Gasteiger partial charge in [-0.15, -0.1) is 21.5 Å². The first-order chi connectivity index (χ1) is 32.0. The van der Waals surface area contributed by atoms with Gasteiger partial charge in [-0.3, -0.25) is 44.3 Å². The maximum atomic E-state index is 14.5. The molecule has 7 heterocycles. The van der Waals surface area contributed by atoms with E-state index < -0.39 is 53.3 Å². The molecule has 0 saturated carbocycles. The number of carbonyl (C=O) groups excluding carboxylic acids is 6. The van der Waals surface area contributed by atoms with E-state index in [4.69, 9.17) is 0 Å². The Bertz CT molecular complexity index is 2770. The van der Waals surface area contributed by atoms with Gasteiger partial charge in [0.05, 0.1) is 16.8 Å². The van der Waals surface area contributed by atoms with Crippen LogP contribution in [0.4, 0.5) is 21.0 Å². The summed E-state index contributed by atoms with van der Waals surface area (Å²) in [4.78, 5) is 89.4. The Morgan fingerprint density at radius 2 is 1.71 bits per heavy atom. The third-order valence-electron chi connectivity index (χ3n) is 13.2. The maximum Gasteiger partial charge on any atom is 0.262 e. The number of thiazole rings is 1. The Balaban J connectivity index is 0.733. The standard InChI is InChI=1S/C47H45FN10O7S/c48-29-5-10-38(59)35(21-29)41(43(62)52-47-49-15-19-66-47)57-24-28-4-3-27(20-33(28)44(57)63)36-8-11-39(54-53-36)56-17-13-26(14-18-56)23-55-16-1-2-31(25-55)50-30-6-7-32-34(22-30)46(65)58(45(32)64)37-9-12-40(60)51-42(37)61/h3-8,10-11,15,19-22,26,31,37,41,50,59H,1-2,9,12-14,16-18,23-25H2,(H,49,52,62)(H,51,60,61)/t31-,37?,41?/m1/s1. The maximum absolute atomic E-state index is 14.5. The van der Waals surface area contributed by atoms with E-state index in [9.17, 15) is 38.3 Å². The number of amides is 6. The molecule has 5 aliphatic heterocycles. The van der Waals surface area contributed by atoms with Crippen molar-refractivity contribution in [3.05, 3.63) is 112 Å². The fourth-order valence-electron chi connectivity index (χ4n) is 9.84. The predicted octanol–water partition coefficient (Wildman–Crippen LogP) is 4.97. The quantitative estimate of drug-likeness (QED) is 0.129. The highest BCUT2D eigenvalue weighted by Crippen LogP contribution is 2.38. The minimum atomic E-state index is -1.33. The molecule has 3 atom stereocenters. The molecule has 2 aromatic heterocycles. The number of hydrogen-bond donors (Lipinski definition) is 4. The topological polar surface area (TPSA) is 210 Å². The van der Waals surface area contributed by atoms with Crippen LogP contribution in [0.5, 0.6) is 5.75 Å². The van der Waals surface area contributed by atoms with Crippen LogP contribution in [0, 0.1) is 11.7 Å². The number of anilines is 3. The molecule has 5 aromatic rings. The highest BCUT2D eigenvalue weighted by Gasteiger charge is 2.45. The highest BCUT2D eigenvalue weighted by atomic mass is 32.1. The smallest absolute Gasteiger partial charge is 0.262 e. The van der Waals surface area contributed by atoms with E-state index in [1.54, 1.807) is 29.6 Å². The van der Waals surface area contributed by atoms with Gasteiger partial charge in [-0.2, -0.15) is 0 Å². The highest BCUT2D eigenvalue weighted by molar-refractivity contribution is 7.13. The number of nitrogens with zero attached hydrogens (tertiary/aromatic N) is 7. The normalized spacial score (nSPS) is 20.6. The van der Waals surface area contributed by atoms with Crippen molar-refractivity contribution in [2.24, 2.45) is 5.92 Å². The number of fused-ring (bicyclic) bond motifs is 2. The summed E-state index contributed by atoms with van der Waals surface area (Å²) < 4.78 is 14.5. The summed E-state index contributed by atoms with van der Waals surface area (Å²) in [6.07, 6.45) is 5.67. The molecule has 3 fully saturated rings. The number of piperidine rings is 3. The van der Waals surface area contributed by atoms with Crippen molar-refractivity contribution in [1.82, 2.24) is 35.2 Å². The van der Waals surface area contributed by atoms with Crippen LogP contribution in [-0.2, 0) is 20.9 Å². The van der Waals surface area contributed by atoms with E-state index in [0.29, 0.717) is 33.4 Å². The van der Waals surface area contributed by atoms with Gasteiger partial charge in [0, 0.05) is 79.1 Å². The molecular weight excluding hydrogens is 868 g/mol. The molecule has 10 rings (SSSR count). The van der Waals surface area contributed by atoms with Crippen molar-refractivity contribution in [2.75, 3.05) is 48.3 Å². The molecule has 66 heavy (non-hydrogen) atoms. The van der Waals surface area contributed by atoms with E-state index >= 15 is 0 Å². The van der Waals surface area contributed by atoms with Crippen molar-refractivity contribution >= 4 is 63.4 Å². The number of benzene rings is 3. The molecule has 4 N–H and O–H groups in total. The summed E-state index contributed by atoms with van der Waals surface area (Å²) >= 11 is 1.19. The summed E-state index contributed by atoms with van der Waals surface area (Å²) in [6.45, 7) is 4.51. The first-order valence-corrected chi connectivity index (χ1v) is 22.9. The van der Waals surface area contributed by atoms with Crippen LogP contribution in [-0.4, -0.2) is 115 Å². The number of aromatic nitrogens is 3. The number of carbonyl (C=O) groups is 6. The van der Waals surface area contributed by atoms with Gasteiger partial charge >= 0.3 is 0 Å². The van der Waals surface area contributed by atoms with Crippen LogP contribution < -0.4 is 20.9 Å². The van der Waals surface area contributed by atoms with Crippen LogP contribution in [0.1, 0.15) is 86.8 Å². The van der Waals surface area contributed by atoms with E-state index in [2.05, 4.69) is 40.9 Å². The number of halogens is 1. The predicted molar refractivity (Wildman–Crippen MR) is 240 cm³/mol. The molecule has 5 aliphatic rings. The number of rotatable bonds is 11. The lowest BCUT2D eigenvalue weighted by Crippen LogP contribution is -2.54. The van der Waals surface area contributed by atoms with E-state index in [1.165, 1.54) is 22.4 Å². The first-order valence-electron chi connectivity index (χ1n) is 22.0. The van der Waals surface area contributed by atoms with Crippen LogP contribution in [0.3, 0.4) is 0 Å². The number of likely N-dealkylation sites (tertiary alicyclic amines) is 1.